The zero-order valence-electron chi connectivity index (χ0n) is 7.24. The van der Waals surface area contributed by atoms with E-state index < -0.39 is 7.52 Å². The standard InChI is InChI=1S/C6H13N2O2PS/c1-3-10-11(2,9)8-6-7-4-5-12-6/h3-5H2,1-2H3,(H,7,8,9). The predicted octanol–water partition coefficient (Wildman–Crippen LogP) is 1.54. The van der Waals surface area contributed by atoms with E-state index in [9.17, 15) is 4.57 Å². The Balaban J connectivity index is 2.43. The van der Waals surface area contributed by atoms with E-state index in [1.165, 1.54) is 0 Å². The smallest absolute Gasteiger partial charge is 0.292 e. The summed E-state index contributed by atoms with van der Waals surface area (Å²) in [4.78, 5) is 4.12. The monoisotopic (exact) mass is 208 g/mol. The Morgan fingerprint density at radius 1 is 1.83 bits per heavy atom. The molecule has 1 rings (SSSR count). The van der Waals surface area contributed by atoms with Crippen molar-refractivity contribution in [3.05, 3.63) is 0 Å². The van der Waals surface area contributed by atoms with E-state index in [-0.39, 0.29) is 0 Å². The van der Waals surface area contributed by atoms with Crippen molar-refractivity contribution in [2.24, 2.45) is 4.99 Å². The normalized spacial score (nSPS) is 21.7. The molecular formula is C6H13N2O2PS. The fourth-order valence-electron chi connectivity index (χ4n) is 0.855. The van der Waals surface area contributed by atoms with Crippen LogP contribution in [0.3, 0.4) is 0 Å². The minimum Gasteiger partial charge on any atom is -0.314 e. The van der Waals surface area contributed by atoms with Crippen LogP contribution in [0.15, 0.2) is 4.99 Å². The van der Waals surface area contributed by atoms with Crippen LogP contribution in [0.25, 0.3) is 0 Å². The topological polar surface area (TPSA) is 50.7 Å². The van der Waals surface area contributed by atoms with Crippen LogP contribution in [0, 0.1) is 0 Å². The van der Waals surface area contributed by atoms with E-state index in [0.717, 1.165) is 17.5 Å². The van der Waals surface area contributed by atoms with Crippen molar-refractivity contribution < 1.29 is 9.09 Å². The number of nitrogens with one attached hydrogen (secondary N) is 1. The average Bonchev–Trinajstić information content (AvgIpc) is 2.38. The summed E-state index contributed by atoms with van der Waals surface area (Å²) < 4.78 is 16.6. The van der Waals surface area contributed by atoms with Crippen LogP contribution >= 0.6 is 19.3 Å². The van der Waals surface area contributed by atoms with Crippen molar-refractivity contribution in [2.45, 2.75) is 6.92 Å². The van der Waals surface area contributed by atoms with Crippen molar-refractivity contribution >= 4 is 24.4 Å². The van der Waals surface area contributed by atoms with Gasteiger partial charge < -0.3 is 4.52 Å². The molecule has 1 N–H and O–H groups in total. The quantitative estimate of drug-likeness (QED) is 0.715. The highest BCUT2D eigenvalue weighted by Gasteiger charge is 2.18. The number of hydrogen-bond donors (Lipinski definition) is 1. The summed E-state index contributed by atoms with van der Waals surface area (Å²) in [5.41, 5.74) is 0. The van der Waals surface area contributed by atoms with Crippen LogP contribution in [-0.2, 0) is 9.09 Å². The number of thioether (sulfide) groups is 1. The fourth-order valence-corrected chi connectivity index (χ4v) is 3.14. The largest absolute Gasteiger partial charge is 0.314 e. The molecule has 70 valence electrons. The van der Waals surface area contributed by atoms with E-state index in [1.807, 2.05) is 6.92 Å². The first-order valence-electron chi connectivity index (χ1n) is 3.81. The summed E-state index contributed by atoms with van der Waals surface area (Å²) in [6.07, 6.45) is 0. The van der Waals surface area contributed by atoms with Gasteiger partial charge in [-0.3, -0.25) is 14.6 Å². The van der Waals surface area contributed by atoms with Gasteiger partial charge in [-0.15, -0.1) is 0 Å². The second-order valence-corrected chi connectivity index (χ2v) is 5.67. The van der Waals surface area contributed by atoms with Crippen LogP contribution in [0.5, 0.6) is 0 Å². The van der Waals surface area contributed by atoms with E-state index in [2.05, 4.69) is 10.1 Å². The lowest BCUT2D eigenvalue weighted by molar-refractivity contribution is 0.334. The van der Waals surface area contributed by atoms with Crippen LogP contribution in [-0.4, -0.2) is 30.7 Å². The predicted molar refractivity (Wildman–Crippen MR) is 53.1 cm³/mol. The van der Waals surface area contributed by atoms with Crippen LogP contribution in [0.1, 0.15) is 6.92 Å². The number of rotatable bonds is 3. The van der Waals surface area contributed by atoms with Gasteiger partial charge in [-0.05, 0) is 6.92 Å². The molecule has 0 radical (unpaired) electrons. The molecule has 0 spiro atoms. The van der Waals surface area contributed by atoms with Gasteiger partial charge in [0.15, 0.2) is 5.17 Å². The molecule has 0 amide bonds. The fraction of sp³-hybridized carbons (Fsp3) is 0.833. The SMILES string of the molecule is CCOP(C)(=O)NC1=NCCS1. The molecule has 1 heterocycles. The third kappa shape index (κ3) is 3.17. The highest BCUT2D eigenvalue weighted by molar-refractivity contribution is 8.14. The lowest BCUT2D eigenvalue weighted by atomic mass is 10.8. The Kier molecular flexibility index (Phi) is 3.62. The maximum atomic E-state index is 11.5. The molecule has 1 atom stereocenters. The number of aliphatic imine (C=N–C) groups is 1. The molecule has 1 unspecified atom stereocenters. The summed E-state index contributed by atoms with van der Waals surface area (Å²) in [6, 6.07) is 0. The highest BCUT2D eigenvalue weighted by Crippen LogP contribution is 2.38. The van der Waals surface area contributed by atoms with Gasteiger partial charge in [-0.2, -0.15) is 0 Å². The molecule has 0 saturated carbocycles. The van der Waals surface area contributed by atoms with Crippen molar-refractivity contribution in [1.29, 1.82) is 0 Å². The Labute approximate surface area is 76.7 Å². The Morgan fingerprint density at radius 2 is 2.58 bits per heavy atom. The first-order valence-corrected chi connectivity index (χ1v) is 6.87. The first kappa shape index (κ1) is 10.1. The third-order valence-corrected chi connectivity index (χ3v) is 3.67. The second kappa shape index (κ2) is 4.30. The van der Waals surface area contributed by atoms with E-state index in [0.29, 0.717) is 6.61 Å². The zero-order valence-corrected chi connectivity index (χ0v) is 8.95. The zero-order chi connectivity index (χ0) is 9.03. The van der Waals surface area contributed by atoms with Crippen LogP contribution < -0.4 is 5.09 Å². The van der Waals surface area contributed by atoms with Gasteiger partial charge in [-0.1, -0.05) is 11.8 Å². The highest BCUT2D eigenvalue weighted by atomic mass is 32.2. The number of amidine groups is 1. The number of hydrogen-bond acceptors (Lipinski definition) is 4. The molecule has 0 aliphatic carbocycles. The molecule has 0 bridgehead atoms. The van der Waals surface area contributed by atoms with Gasteiger partial charge in [0, 0.05) is 12.4 Å². The Bertz CT molecular complexity index is 232. The summed E-state index contributed by atoms with van der Waals surface area (Å²) in [7, 11) is -2.64. The van der Waals surface area contributed by atoms with E-state index in [1.54, 1.807) is 18.4 Å². The summed E-state index contributed by atoms with van der Waals surface area (Å²) >= 11 is 1.58. The molecule has 4 nitrogen and oxygen atoms in total. The first-order chi connectivity index (χ1) is 5.64. The van der Waals surface area contributed by atoms with Crippen molar-refractivity contribution in [3.8, 4) is 0 Å². The average molecular weight is 208 g/mol. The van der Waals surface area contributed by atoms with Crippen molar-refractivity contribution in [1.82, 2.24) is 5.09 Å². The third-order valence-electron chi connectivity index (χ3n) is 1.26. The van der Waals surface area contributed by atoms with Gasteiger partial charge in [0.2, 0.25) is 0 Å². The lowest BCUT2D eigenvalue weighted by Crippen LogP contribution is -2.16. The lowest BCUT2D eigenvalue weighted by Gasteiger charge is -2.13. The summed E-state index contributed by atoms with van der Waals surface area (Å²) in [5.74, 6) is 0.967. The maximum absolute atomic E-state index is 11.5. The molecule has 6 heteroatoms. The molecule has 0 fully saturated rings. The Hall–Kier alpha value is 0.01000. The summed E-state index contributed by atoms with van der Waals surface area (Å²) in [6.45, 7) is 4.65. The molecule has 1 aliphatic rings. The molecule has 1 aliphatic heterocycles. The van der Waals surface area contributed by atoms with E-state index in [4.69, 9.17) is 4.52 Å². The van der Waals surface area contributed by atoms with Gasteiger partial charge in [0.1, 0.15) is 0 Å². The van der Waals surface area contributed by atoms with Crippen molar-refractivity contribution in [3.63, 3.8) is 0 Å². The van der Waals surface area contributed by atoms with Crippen LogP contribution in [0.2, 0.25) is 0 Å². The minimum absolute atomic E-state index is 0.457. The maximum Gasteiger partial charge on any atom is 0.292 e. The number of nitrogens with zero attached hydrogens (tertiary/aromatic N) is 1. The molecule has 0 saturated heterocycles. The summed E-state index contributed by atoms with van der Waals surface area (Å²) in [5, 5.41) is 3.55. The van der Waals surface area contributed by atoms with Crippen LogP contribution in [0.4, 0.5) is 0 Å². The molecule has 0 aromatic carbocycles. The molecule has 0 aromatic rings. The van der Waals surface area contributed by atoms with Gasteiger partial charge >= 0.3 is 0 Å². The van der Waals surface area contributed by atoms with Gasteiger partial charge in [-0.25, -0.2) is 0 Å². The van der Waals surface area contributed by atoms with Gasteiger partial charge in [0.05, 0.1) is 13.2 Å². The van der Waals surface area contributed by atoms with Crippen molar-refractivity contribution in [2.75, 3.05) is 25.6 Å². The minimum atomic E-state index is -2.64. The molecule has 0 aromatic heterocycles. The second-order valence-electron chi connectivity index (χ2n) is 2.41. The Morgan fingerprint density at radius 3 is 3.08 bits per heavy atom. The molecule has 12 heavy (non-hydrogen) atoms. The van der Waals surface area contributed by atoms with E-state index >= 15 is 0 Å². The molecular weight excluding hydrogens is 195 g/mol. The van der Waals surface area contributed by atoms with Gasteiger partial charge in [0.25, 0.3) is 7.52 Å².